The molecule has 0 radical (unpaired) electrons. The van der Waals surface area contributed by atoms with Gasteiger partial charge in [0.25, 0.3) is 0 Å². The molecule has 1 N–H and O–H groups in total. The van der Waals surface area contributed by atoms with Crippen LogP contribution in [0.1, 0.15) is 12.5 Å². The van der Waals surface area contributed by atoms with Gasteiger partial charge < -0.3 is 41.2 Å². The van der Waals surface area contributed by atoms with E-state index < -0.39 is 0 Å². The summed E-state index contributed by atoms with van der Waals surface area (Å²) < 4.78 is 20.9. The number of carbonyl (C=O) groups is 2. The molecule has 0 spiro atoms. The summed E-state index contributed by atoms with van der Waals surface area (Å²) >= 11 is 0. The monoisotopic (exact) mass is 428 g/mol. The maximum Gasteiger partial charge on any atom is 0.361 e. The molecule has 1 aliphatic heterocycles. The number of piperazine rings is 1. The molecular weight excluding hydrogens is 400 g/mol. The van der Waals surface area contributed by atoms with E-state index >= 15 is 0 Å². The minimum Gasteiger partial charge on any atom is -1.00 e. The predicted octanol–water partition coefficient (Wildman–Crippen LogP) is -2.98. The van der Waals surface area contributed by atoms with Crippen molar-refractivity contribution in [1.82, 2.24) is 4.90 Å². The molecule has 1 amide bonds. The molecule has 0 bridgehead atoms. The highest BCUT2D eigenvalue weighted by molar-refractivity contribution is 5.92. The summed E-state index contributed by atoms with van der Waals surface area (Å²) in [5.41, 5.74) is 0.773. The number of halogens is 1. The van der Waals surface area contributed by atoms with Crippen LogP contribution in [0.25, 0.3) is 6.08 Å². The Kier molecular flexibility index (Phi) is 10.3. The lowest BCUT2D eigenvalue weighted by Gasteiger charge is -2.31. The van der Waals surface area contributed by atoms with E-state index in [0.717, 1.165) is 23.6 Å². The molecule has 0 aromatic heterocycles. The first-order valence-corrected chi connectivity index (χ1v) is 9.28. The molecule has 0 aliphatic carbocycles. The van der Waals surface area contributed by atoms with Crippen LogP contribution in [0, 0.1) is 0 Å². The second kappa shape index (κ2) is 12.2. The number of quaternary nitrogens is 1. The molecule has 8 nitrogen and oxygen atoms in total. The minimum atomic E-state index is -0.195. The number of benzene rings is 1. The lowest BCUT2D eigenvalue weighted by molar-refractivity contribution is -0.896. The van der Waals surface area contributed by atoms with E-state index in [1.807, 2.05) is 0 Å². The van der Waals surface area contributed by atoms with Gasteiger partial charge in [0.15, 0.2) is 18.0 Å². The fourth-order valence-corrected chi connectivity index (χ4v) is 3.11. The molecule has 1 aliphatic rings. The first-order chi connectivity index (χ1) is 13.5. The molecule has 0 saturated carbocycles. The van der Waals surface area contributed by atoms with Crippen LogP contribution in [0.4, 0.5) is 0 Å². The van der Waals surface area contributed by atoms with E-state index in [1.54, 1.807) is 51.4 Å². The van der Waals surface area contributed by atoms with E-state index in [4.69, 9.17) is 18.9 Å². The van der Waals surface area contributed by atoms with Crippen LogP contribution < -0.4 is 31.5 Å². The van der Waals surface area contributed by atoms with E-state index in [9.17, 15) is 9.59 Å². The first kappa shape index (κ1) is 24.6. The van der Waals surface area contributed by atoms with Gasteiger partial charge >= 0.3 is 5.97 Å². The number of ether oxygens (including phenoxy) is 4. The van der Waals surface area contributed by atoms with Gasteiger partial charge in [-0.05, 0) is 30.7 Å². The fourth-order valence-electron chi connectivity index (χ4n) is 3.11. The molecular formula is C20H29ClN2O6. The molecule has 1 fully saturated rings. The molecule has 29 heavy (non-hydrogen) atoms. The van der Waals surface area contributed by atoms with E-state index in [0.29, 0.717) is 43.5 Å². The second-order valence-electron chi connectivity index (χ2n) is 6.35. The maximum atomic E-state index is 12.5. The van der Waals surface area contributed by atoms with Gasteiger partial charge in [0.05, 0.1) is 54.1 Å². The van der Waals surface area contributed by atoms with Gasteiger partial charge in [-0.15, -0.1) is 0 Å². The number of carbonyl (C=O) groups excluding carboxylic acids is 2. The van der Waals surface area contributed by atoms with Gasteiger partial charge in [0.2, 0.25) is 11.7 Å². The van der Waals surface area contributed by atoms with Crippen molar-refractivity contribution in [3.63, 3.8) is 0 Å². The smallest absolute Gasteiger partial charge is 0.361 e. The minimum absolute atomic E-state index is 0. The number of rotatable bonds is 8. The largest absolute Gasteiger partial charge is 1.00 e. The summed E-state index contributed by atoms with van der Waals surface area (Å²) in [4.78, 5) is 27.0. The van der Waals surface area contributed by atoms with Crippen LogP contribution in [-0.4, -0.2) is 77.4 Å². The summed E-state index contributed by atoms with van der Waals surface area (Å²) in [7, 11) is 4.64. The van der Waals surface area contributed by atoms with Gasteiger partial charge in [0.1, 0.15) is 0 Å². The van der Waals surface area contributed by atoms with Crippen LogP contribution >= 0.6 is 0 Å². The van der Waals surface area contributed by atoms with Crippen molar-refractivity contribution >= 4 is 18.0 Å². The lowest BCUT2D eigenvalue weighted by atomic mass is 10.1. The molecule has 162 valence electrons. The highest BCUT2D eigenvalue weighted by Gasteiger charge is 2.24. The third kappa shape index (κ3) is 6.83. The highest BCUT2D eigenvalue weighted by Crippen LogP contribution is 2.38. The topological polar surface area (TPSA) is 78.7 Å². The Morgan fingerprint density at radius 1 is 1.07 bits per heavy atom. The fraction of sp³-hybridized carbons (Fsp3) is 0.500. The standard InChI is InChI=1S/C20H28N2O6.ClH/c1-5-28-19(24)14-21-8-10-22(11-9-21)18(23)7-6-15-12-16(25-2)20(27-4)17(13-15)26-3;/h6-7,12-13H,5,8-11,14H2,1-4H3;1H/b7-6+;. The van der Waals surface area contributed by atoms with Gasteiger partial charge in [-0.3, -0.25) is 4.79 Å². The van der Waals surface area contributed by atoms with Crippen molar-refractivity contribution in [3.8, 4) is 17.2 Å². The molecule has 2 rings (SSSR count). The third-order valence-electron chi connectivity index (χ3n) is 4.59. The number of hydrogen-bond donors (Lipinski definition) is 1. The van der Waals surface area contributed by atoms with Gasteiger partial charge in [-0.1, -0.05) is 0 Å². The Hall–Kier alpha value is -2.45. The summed E-state index contributed by atoms with van der Waals surface area (Å²) in [6, 6.07) is 3.57. The van der Waals surface area contributed by atoms with Crippen LogP contribution in [0.5, 0.6) is 17.2 Å². The quantitative estimate of drug-likeness (QED) is 0.352. The Bertz CT molecular complexity index is 692. The average molecular weight is 429 g/mol. The van der Waals surface area contributed by atoms with Crippen LogP contribution in [0.15, 0.2) is 18.2 Å². The second-order valence-corrected chi connectivity index (χ2v) is 6.35. The summed E-state index contributed by atoms with van der Waals surface area (Å²) in [6.45, 7) is 5.19. The number of nitrogens with zero attached hydrogens (tertiary/aromatic N) is 1. The van der Waals surface area contributed by atoms with E-state index in [1.165, 1.54) is 6.08 Å². The highest BCUT2D eigenvalue weighted by atomic mass is 35.5. The van der Waals surface area contributed by atoms with Gasteiger partial charge in [-0.25, -0.2) is 4.79 Å². The SMILES string of the molecule is CCOC(=O)C[NH+]1CCN(C(=O)/C=C/c2cc(OC)c(OC)c(OC)c2)CC1.[Cl-]. The molecule has 1 aromatic carbocycles. The number of methoxy groups -OCH3 is 3. The van der Waals surface area contributed by atoms with Crippen molar-refractivity contribution < 1.29 is 45.8 Å². The number of amides is 1. The lowest BCUT2D eigenvalue weighted by Crippen LogP contribution is -3.15. The maximum absolute atomic E-state index is 12.5. The molecule has 1 saturated heterocycles. The zero-order valence-electron chi connectivity index (χ0n) is 17.3. The number of hydrogen-bond acceptors (Lipinski definition) is 6. The molecule has 0 unspecified atom stereocenters. The van der Waals surface area contributed by atoms with Crippen molar-refractivity contribution in [2.75, 3.05) is 60.7 Å². The summed E-state index contributed by atoms with van der Waals surface area (Å²) in [5, 5.41) is 0. The normalized spacial score (nSPS) is 14.3. The van der Waals surface area contributed by atoms with E-state index in [2.05, 4.69) is 0 Å². The van der Waals surface area contributed by atoms with Crippen molar-refractivity contribution in [1.29, 1.82) is 0 Å². The zero-order chi connectivity index (χ0) is 20.5. The van der Waals surface area contributed by atoms with Gasteiger partial charge in [-0.2, -0.15) is 0 Å². The summed E-state index contributed by atoms with van der Waals surface area (Å²) in [6.07, 6.45) is 3.27. The van der Waals surface area contributed by atoms with Crippen LogP contribution in [0.3, 0.4) is 0 Å². The first-order valence-electron chi connectivity index (χ1n) is 9.28. The van der Waals surface area contributed by atoms with Crippen LogP contribution in [-0.2, 0) is 14.3 Å². The molecule has 0 atom stereocenters. The Morgan fingerprint density at radius 2 is 1.66 bits per heavy atom. The van der Waals surface area contributed by atoms with Gasteiger partial charge in [0, 0.05) is 6.08 Å². The molecule has 1 heterocycles. The predicted molar refractivity (Wildman–Crippen MR) is 104 cm³/mol. The van der Waals surface area contributed by atoms with Crippen molar-refractivity contribution in [2.24, 2.45) is 0 Å². The van der Waals surface area contributed by atoms with Crippen molar-refractivity contribution in [2.45, 2.75) is 6.92 Å². The summed E-state index contributed by atoms with van der Waals surface area (Å²) in [5.74, 6) is 1.31. The number of esters is 1. The van der Waals surface area contributed by atoms with Crippen LogP contribution in [0.2, 0.25) is 0 Å². The number of nitrogens with one attached hydrogen (secondary N) is 1. The van der Waals surface area contributed by atoms with Crippen molar-refractivity contribution in [3.05, 3.63) is 23.8 Å². The Labute approximate surface area is 177 Å². The third-order valence-corrected chi connectivity index (χ3v) is 4.59. The average Bonchev–Trinajstić information content (AvgIpc) is 2.71. The Balaban J connectivity index is 0.00000420. The zero-order valence-corrected chi connectivity index (χ0v) is 18.1. The Morgan fingerprint density at radius 3 is 2.14 bits per heavy atom. The van der Waals surface area contributed by atoms with E-state index in [-0.39, 0.29) is 24.3 Å². The molecule has 1 aromatic rings. The molecule has 9 heteroatoms.